The van der Waals surface area contributed by atoms with Crippen LogP contribution >= 0.6 is 0 Å². The first-order valence-corrected chi connectivity index (χ1v) is 8.38. The molecule has 3 fully saturated rings. The van der Waals surface area contributed by atoms with Gasteiger partial charge >= 0.3 is 0 Å². The predicted molar refractivity (Wildman–Crippen MR) is 86.9 cm³/mol. The van der Waals surface area contributed by atoms with Crippen molar-refractivity contribution >= 4 is 5.91 Å². The molecular weight excluding hydrogens is 276 g/mol. The Labute approximate surface area is 133 Å². The second-order valence-corrected chi connectivity index (χ2v) is 6.60. The van der Waals surface area contributed by atoms with Crippen molar-refractivity contribution in [3.8, 4) is 5.75 Å². The SMILES string of the molecule is CN1C[C@H]2CC[C@@H]1CN(C(=O)CCCOc1ccccc1)C2. The van der Waals surface area contributed by atoms with Gasteiger partial charge in [0.15, 0.2) is 0 Å². The number of piperidine rings is 1. The highest BCUT2D eigenvalue weighted by Gasteiger charge is 2.34. The average Bonchev–Trinajstić information content (AvgIpc) is 2.84. The van der Waals surface area contributed by atoms with E-state index in [4.69, 9.17) is 4.74 Å². The first-order chi connectivity index (χ1) is 10.7. The summed E-state index contributed by atoms with van der Waals surface area (Å²) in [5.41, 5.74) is 0. The van der Waals surface area contributed by atoms with Crippen molar-refractivity contribution in [3.63, 3.8) is 0 Å². The van der Waals surface area contributed by atoms with E-state index in [9.17, 15) is 4.79 Å². The van der Waals surface area contributed by atoms with E-state index in [0.717, 1.165) is 31.8 Å². The van der Waals surface area contributed by atoms with E-state index >= 15 is 0 Å². The van der Waals surface area contributed by atoms with Crippen LogP contribution in [0.3, 0.4) is 0 Å². The van der Waals surface area contributed by atoms with Gasteiger partial charge in [-0.3, -0.25) is 4.79 Å². The van der Waals surface area contributed by atoms with Gasteiger partial charge in [-0.15, -0.1) is 0 Å². The minimum Gasteiger partial charge on any atom is -0.494 e. The zero-order chi connectivity index (χ0) is 15.4. The van der Waals surface area contributed by atoms with Gasteiger partial charge in [0.25, 0.3) is 0 Å². The summed E-state index contributed by atoms with van der Waals surface area (Å²) >= 11 is 0. The Kier molecular flexibility index (Phi) is 4.98. The number of amides is 1. The van der Waals surface area contributed by atoms with Crippen LogP contribution in [-0.4, -0.2) is 55.0 Å². The number of carbonyl (C=O) groups excluding carboxylic acids is 1. The van der Waals surface area contributed by atoms with Crippen LogP contribution in [0.5, 0.6) is 5.75 Å². The number of benzene rings is 1. The smallest absolute Gasteiger partial charge is 0.222 e. The number of para-hydroxylation sites is 1. The van der Waals surface area contributed by atoms with Crippen molar-refractivity contribution in [1.82, 2.24) is 9.80 Å². The summed E-state index contributed by atoms with van der Waals surface area (Å²) < 4.78 is 5.66. The molecule has 3 heterocycles. The maximum absolute atomic E-state index is 12.4. The Morgan fingerprint density at radius 3 is 2.77 bits per heavy atom. The zero-order valence-electron chi connectivity index (χ0n) is 13.4. The fourth-order valence-electron chi connectivity index (χ4n) is 3.61. The molecule has 0 unspecified atom stereocenters. The van der Waals surface area contributed by atoms with Crippen LogP contribution in [0.4, 0.5) is 0 Å². The Balaban J connectivity index is 1.42. The summed E-state index contributed by atoms with van der Waals surface area (Å²) in [7, 11) is 2.19. The fraction of sp³-hybridized carbons (Fsp3) is 0.611. The molecule has 3 aliphatic rings. The van der Waals surface area contributed by atoms with Gasteiger partial charge in [-0.2, -0.15) is 0 Å². The number of carbonyl (C=O) groups is 1. The molecule has 0 saturated carbocycles. The Morgan fingerprint density at radius 2 is 2.00 bits per heavy atom. The largest absolute Gasteiger partial charge is 0.494 e. The van der Waals surface area contributed by atoms with Gasteiger partial charge in [-0.05, 0) is 44.4 Å². The topological polar surface area (TPSA) is 32.8 Å². The van der Waals surface area contributed by atoms with Crippen LogP contribution in [0.15, 0.2) is 30.3 Å². The molecule has 3 aliphatic heterocycles. The Morgan fingerprint density at radius 1 is 1.18 bits per heavy atom. The number of nitrogens with zero attached hydrogens (tertiary/aromatic N) is 2. The van der Waals surface area contributed by atoms with E-state index in [1.165, 1.54) is 12.8 Å². The number of ether oxygens (including phenoxy) is 1. The lowest BCUT2D eigenvalue weighted by Crippen LogP contribution is -2.41. The second kappa shape index (κ2) is 7.14. The van der Waals surface area contributed by atoms with Crippen LogP contribution in [0.2, 0.25) is 0 Å². The maximum Gasteiger partial charge on any atom is 0.222 e. The lowest BCUT2D eigenvalue weighted by molar-refractivity contribution is -0.131. The molecule has 4 rings (SSSR count). The molecule has 4 nitrogen and oxygen atoms in total. The third kappa shape index (κ3) is 3.80. The molecule has 4 heteroatoms. The molecule has 120 valence electrons. The van der Waals surface area contributed by atoms with Crippen molar-refractivity contribution in [2.24, 2.45) is 5.92 Å². The molecule has 0 aromatic heterocycles. The van der Waals surface area contributed by atoms with Gasteiger partial charge < -0.3 is 14.5 Å². The molecule has 22 heavy (non-hydrogen) atoms. The van der Waals surface area contributed by atoms with E-state index < -0.39 is 0 Å². The Hall–Kier alpha value is -1.55. The predicted octanol–water partition coefficient (Wildman–Crippen LogP) is 2.40. The fourth-order valence-corrected chi connectivity index (χ4v) is 3.61. The van der Waals surface area contributed by atoms with Gasteiger partial charge in [-0.1, -0.05) is 18.2 Å². The first kappa shape index (κ1) is 15.3. The molecule has 2 bridgehead atoms. The molecular formula is C18H26N2O2. The first-order valence-electron chi connectivity index (χ1n) is 8.38. The van der Waals surface area contributed by atoms with Crippen molar-refractivity contribution < 1.29 is 9.53 Å². The number of fused-ring (bicyclic) bond motifs is 4. The van der Waals surface area contributed by atoms with E-state index in [-0.39, 0.29) is 0 Å². The molecule has 0 spiro atoms. The maximum atomic E-state index is 12.4. The van der Waals surface area contributed by atoms with E-state index in [2.05, 4.69) is 16.8 Å². The summed E-state index contributed by atoms with van der Waals surface area (Å²) in [6.07, 6.45) is 3.89. The van der Waals surface area contributed by atoms with Gasteiger partial charge in [-0.25, -0.2) is 0 Å². The van der Waals surface area contributed by atoms with E-state index in [1.54, 1.807) is 0 Å². The van der Waals surface area contributed by atoms with Gasteiger partial charge in [0.1, 0.15) is 5.75 Å². The molecule has 1 amide bonds. The molecule has 1 aromatic carbocycles. The minimum absolute atomic E-state index is 0.295. The zero-order valence-corrected chi connectivity index (χ0v) is 13.4. The third-order valence-corrected chi connectivity index (χ3v) is 4.89. The van der Waals surface area contributed by atoms with Crippen molar-refractivity contribution in [3.05, 3.63) is 30.3 Å². The number of rotatable bonds is 5. The normalized spacial score (nSPS) is 25.0. The van der Waals surface area contributed by atoms with Crippen LogP contribution in [0.1, 0.15) is 25.7 Å². The quantitative estimate of drug-likeness (QED) is 0.783. The van der Waals surface area contributed by atoms with Crippen LogP contribution in [-0.2, 0) is 4.79 Å². The minimum atomic E-state index is 0.295. The van der Waals surface area contributed by atoms with Gasteiger partial charge in [0.05, 0.1) is 6.61 Å². The van der Waals surface area contributed by atoms with Crippen molar-refractivity contribution in [2.75, 3.05) is 33.3 Å². The molecule has 0 N–H and O–H groups in total. The molecule has 2 atom stereocenters. The summed E-state index contributed by atoms with van der Waals surface area (Å²) in [6, 6.07) is 10.4. The summed E-state index contributed by atoms with van der Waals surface area (Å²) in [5, 5.41) is 0. The highest BCUT2D eigenvalue weighted by Crippen LogP contribution is 2.27. The molecule has 0 aliphatic carbocycles. The molecule has 0 radical (unpaired) electrons. The number of hydrogen-bond donors (Lipinski definition) is 0. The average molecular weight is 302 g/mol. The van der Waals surface area contributed by atoms with Crippen LogP contribution < -0.4 is 4.74 Å². The van der Waals surface area contributed by atoms with Gasteiger partial charge in [0, 0.05) is 32.1 Å². The lowest BCUT2D eigenvalue weighted by Gasteiger charge is -2.32. The number of hydrogen-bond acceptors (Lipinski definition) is 3. The van der Waals surface area contributed by atoms with Crippen molar-refractivity contribution in [2.45, 2.75) is 31.7 Å². The van der Waals surface area contributed by atoms with Crippen LogP contribution in [0, 0.1) is 5.92 Å². The summed E-state index contributed by atoms with van der Waals surface area (Å²) in [4.78, 5) is 17.0. The van der Waals surface area contributed by atoms with Crippen molar-refractivity contribution in [1.29, 1.82) is 0 Å². The van der Waals surface area contributed by atoms with Gasteiger partial charge in [0.2, 0.25) is 5.91 Å². The summed E-state index contributed by atoms with van der Waals surface area (Å²) in [6.45, 7) is 3.60. The number of likely N-dealkylation sites (N-methyl/N-ethyl adjacent to an activating group) is 1. The second-order valence-electron chi connectivity index (χ2n) is 6.60. The lowest BCUT2D eigenvalue weighted by atomic mass is 9.96. The van der Waals surface area contributed by atoms with E-state index in [1.807, 2.05) is 30.3 Å². The van der Waals surface area contributed by atoms with E-state index in [0.29, 0.717) is 30.9 Å². The van der Waals surface area contributed by atoms with Crippen LogP contribution in [0.25, 0.3) is 0 Å². The standard InChI is InChI=1S/C18H26N2O2/c1-19-12-15-9-10-16(19)14-20(13-15)18(21)8-5-11-22-17-6-3-2-4-7-17/h2-4,6-7,15-16H,5,8-14H2,1H3/t15-,16-/m1/s1. The highest BCUT2D eigenvalue weighted by molar-refractivity contribution is 5.76. The Bertz CT molecular complexity index is 491. The molecule has 1 aromatic rings. The highest BCUT2D eigenvalue weighted by atomic mass is 16.5. The monoisotopic (exact) mass is 302 g/mol. The molecule has 3 saturated heterocycles. The summed E-state index contributed by atoms with van der Waals surface area (Å²) in [5.74, 6) is 1.83. The third-order valence-electron chi connectivity index (χ3n) is 4.89.